The minimum absolute atomic E-state index is 0.436. The van der Waals surface area contributed by atoms with E-state index in [0.717, 1.165) is 0 Å². The molecule has 0 amide bonds. The normalized spacial score (nSPS) is 12.5. The lowest BCUT2D eigenvalue weighted by molar-refractivity contribution is 0.912. The molecular weight excluding hydrogens is 228 g/mol. The smallest absolute Gasteiger partial charge is 0.00638 e. The third-order valence-electron chi connectivity index (χ3n) is 3.93. The lowest BCUT2D eigenvalue weighted by atomic mass is 9.89. The average Bonchev–Trinajstić information content (AvgIpc) is 2.46. The molecule has 3 aromatic rings. The van der Waals surface area contributed by atoms with Crippen molar-refractivity contribution in [2.75, 3.05) is 0 Å². The van der Waals surface area contributed by atoms with Crippen molar-refractivity contribution in [3.05, 3.63) is 83.4 Å². The topological polar surface area (TPSA) is 0 Å². The maximum Gasteiger partial charge on any atom is 0.00638 e. The summed E-state index contributed by atoms with van der Waals surface area (Å²) in [6, 6.07) is 24.0. The van der Waals surface area contributed by atoms with Crippen molar-refractivity contribution in [3.8, 4) is 0 Å². The highest BCUT2D eigenvalue weighted by atomic mass is 14.1. The van der Waals surface area contributed by atoms with E-state index in [-0.39, 0.29) is 0 Å². The van der Waals surface area contributed by atoms with Gasteiger partial charge < -0.3 is 0 Å². The summed E-state index contributed by atoms with van der Waals surface area (Å²) >= 11 is 0. The molecule has 0 fully saturated rings. The Kier molecular flexibility index (Phi) is 3.08. The van der Waals surface area contributed by atoms with Crippen molar-refractivity contribution in [1.82, 2.24) is 0 Å². The summed E-state index contributed by atoms with van der Waals surface area (Å²) in [6.45, 7) is 4.47. The lowest BCUT2D eigenvalue weighted by Gasteiger charge is -2.15. The minimum atomic E-state index is 0.436. The summed E-state index contributed by atoms with van der Waals surface area (Å²) < 4.78 is 0. The SMILES string of the molecule is Cc1ccccc1C(C)c1ccc2ccccc2c1. The van der Waals surface area contributed by atoms with Crippen molar-refractivity contribution in [3.63, 3.8) is 0 Å². The molecule has 0 aliphatic heterocycles. The fraction of sp³-hybridized carbons (Fsp3) is 0.158. The molecule has 1 atom stereocenters. The number of aryl methyl sites for hydroxylation is 1. The molecule has 94 valence electrons. The third-order valence-corrected chi connectivity index (χ3v) is 3.93. The van der Waals surface area contributed by atoms with Gasteiger partial charge >= 0.3 is 0 Å². The molecule has 3 aromatic carbocycles. The number of fused-ring (bicyclic) bond motifs is 1. The molecule has 0 aliphatic rings. The van der Waals surface area contributed by atoms with Crippen LogP contribution in [0.4, 0.5) is 0 Å². The molecule has 0 radical (unpaired) electrons. The van der Waals surface area contributed by atoms with E-state index < -0.39 is 0 Å². The number of hydrogen-bond donors (Lipinski definition) is 0. The molecule has 0 aromatic heterocycles. The van der Waals surface area contributed by atoms with Gasteiger partial charge in [0.15, 0.2) is 0 Å². The highest BCUT2D eigenvalue weighted by molar-refractivity contribution is 5.83. The molecule has 19 heavy (non-hydrogen) atoms. The molecule has 0 saturated heterocycles. The Morgan fingerprint density at radius 3 is 2.21 bits per heavy atom. The van der Waals surface area contributed by atoms with Crippen molar-refractivity contribution < 1.29 is 0 Å². The van der Waals surface area contributed by atoms with Crippen LogP contribution in [0.5, 0.6) is 0 Å². The van der Waals surface area contributed by atoms with E-state index in [4.69, 9.17) is 0 Å². The molecule has 0 heterocycles. The second kappa shape index (κ2) is 4.89. The average molecular weight is 246 g/mol. The first-order valence-corrected chi connectivity index (χ1v) is 6.80. The fourth-order valence-corrected chi connectivity index (χ4v) is 2.73. The molecule has 0 N–H and O–H groups in total. The quantitative estimate of drug-likeness (QED) is 0.575. The Morgan fingerprint density at radius 1 is 0.737 bits per heavy atom. The zero-order chi connectivity index (χ0) is 13.2. The van der Waals surface area contributed by atoms with Gasteiger partial charge in [-0.3, -0.25) is 0 Å². The fourth-order valence-electron chi connectivity index (χ4n) is 2.73. The second-order valence-corrected chi connectivity index (χ2v) is 5.18. The zero-order valence-electron chi connectivity index (χ0n) is 11.4. The van der Waals surface area contributed by atoms with Gasteiger partial charge in [-0.1, -0.05) is 73.7 Å². The Bertz CT molecular complexity index is 710. The lowest BCUT2D eigenvalue weighted by Crippen LogP contribution is -1.98. The van der Waals surface area contributed by atoms with Crippen LogP contribution in [0.1, 0.15) is 29.5 Å². The molecule has 0 saturated carbocycles. The van der Waals surface area contributed by atoms with Gasteiger partial charge in [0.25, 0.3) is 0 Å². The summed E-state index contributed by atoms with van der Waals surface area (Å²) in [5.41, 5.74) is 4.16. The van der Waals surface area contributed by atoms with Crippen LogP contribution in [-0.2, 0) is 0 Å². The van der Waals surface area contributed by atoms with Crippen LogP contribution in [0.25, 0.3) is 10.8 Å². The van der Waals surface area contributed by atoms with Gasteiger partial charge in [0, 0.05) is 5.92 Å². The van der Waals surface area contributed by atoms with Crippen LogP contribution in [0, 0.1) is 6.92 Å². The van der Waals surface area contributed by atoms with Gasteiger partial charge in [0.1, 0.15) is 0 Å². The minimum Gasteiger partial charge on any atom is -0.0620 e. The predicted octanol–water partition coefficient (Wildman–Crippen LogP) is 5.30. The maximum absolute atomic E-state index is 2.31. The Labute approximate surface area is 114 Å². The van der Waals surface area contributed by atoms with E-state index in [1.54, 1.807) is 0 Å². The predicted molar refractivity (Wildman–Crippen MR) is 82.6 cm³/mol. The van der Waals surface area contributed by atoms with Gasteiger partial charge in [-0.05, 0) is 34.4 Å². The Morgan fingerprint density at radius 2 is 1.42 bits per heavy atom. The van der Waals surface area contributed by atoms with Crippen LogP contribution < -0.4 is 0 Å². The summed E-state index contributed by atoms with van der Waals surface area (Å²) in [5.74, 6) is 0.436. The maximum atomic E-state index is 2.31. The van der Waals surface area contributed by atoms with E-state index >= 15 is 0 Å². The van der Waals surface area contributed by atoms with Crippen molar-refractivity contribution in [2.24, 2.45) is 0 Å². The van der Waals surface area contributed by atoms with Gasteiger partial charge in [0.05, 0.1) is 0 Å². The molecule has 0 aliphatic carbocycles. The zero-order valence-corrected chi connectivity index (χ0v) is 11.4. The molecule has 1 unspecified atom stereocenters. The van der Waals surface area contributed by atoms with Crippen LogP contribution >= 0.6 is 0 Å². The van der Waals surface area contributed by atoms with Gasteiger partial charge in [-0.2, -0.15) is 0 Å². The van der Waals surface area contributed by atoms with E-state index in [1.807, 2.05) is 0 Å². The highest BCUT2D eigenvalue weighted by Gasteiger charge is 2.10. The summed E-state index contributed by atoms with van der Waals surface area (Å²) in [6.07, 6.45) is 0. The highest BCUT2D eigenvalue weighted by Crippen LogP contribution is 2.28. The number of benzene rings is 3. The standard InChI is InChI=1S/C19H18/c1-14-7-3-6-10-19(14)15(2)17-12-11-16-8-4-5-9-18(16)13-17/h3-13,15H,1-2H3. The van der Waals surface area contributed by atoms with Crippen molar-refractivity contribution in [2.45, 2.75) is 19.8 Å². The van der Waals surface area contributed by atoms with Crippen molar-refractivity contribution in [1.29, 1.82) is 0 Å². The molecular formula is C19H18. The van der Waals surface area contributed by atoms with E-state index in [0.29, 0.717) is 5.92 Å². The molecule has 0 heteroatoms. The van der Waals surface area contributed by atoms with Crippen LogP contribution in [0.15, 0.2) is 66.7 Å². The van der Waals surface area contributed by atoms with Gasteiger partial charge in [-0.15, -0.1) is 0 Å². The molecule has 0 bridgehead atoms. The number of rotatable bonds is 2. The largest absolute Gasteiger partial charge is 0.0620 e. The van der Waals surface area contributed by atoms with Crippen LogP contribution in [0.3, 0.4) is 0 Å². The first-order chi connectivity index (χ1) is 9.25. The molecule has 0 nitrogen and oxygen atoms in total. The first-order valence-electron chi connectivity index (χ1n) is 6.80. The molecule has 0 spiro atoms. The summed E-state index contributed by atoms with van der Waals surface area (Å²) in [7, 11) is 0. The van der Waals surface area contributed by atoms with Gasteiger partial charge in [0.2, 0.25) is 0 Å². The van der Waals surface area contributed by atoms with E-state index in [2.05, 4.69) is 80.6 Å². The summed E-state index contributed by atoms with van der Waals surface area (Å²) in [4.78, 5) is 0. The molecule has 3 rings (SSSR count). The Balaban J connectivity index is 2.07. The van der Waals surface area contributed by atoms with Crippen LogP contribution in [0.2, 0.25) is 0 Å². The number of hydrogen-bond acceptors (Lipinski definition) is 0. The summed E-state index contributed by atoms with van der Waals surface area (Å²) in [5, 5.41) is 2.63. The third kappa shape index (κ3) is 2.26. The Hall–Kier alpha value is -2.08. The second-order valence-electron chi connectivity index (χ2n) is 5.18. The van der Waals surface area contributed by atoms with Crippen LogP contribution in [-0.4, -0.2) is 0 Å². The monoisotopic (exact) mass is 246 g/mol. The van der Waals surface area contributed by atoms with Gasteiger partial charge in [-0.25, -0.2) is 0 Å². The van der Waals surface area contributed by atoms with E-state index in [1.165, 1.54) is 27.5 Å². The van der Waals surface area contributed by atoms with E-state index in [9.17, 15) is 0 Å². The first kappa shape index (κ1) is 12.0. The van der Waals surface area contributed by atoms with Crippen molar-refractivity contribution >= 4 is 10.8 Å².